The highest BCUT2D eigenvalue weighted by Gasteiger charge is 2.27. The molecule has 4 heteroatoms. The Bertz CT molecular complexity index is 656. The number of benzene rings is 1. The second-order valence-electron chi connectivity index (χ2n) is 6.03. The van der Waals surface area contributed by atoms with Crippen molar-refractivity contribution in [3.05, 3.63) is 30.1 Å². The molecular formula is C17H23N3O. The minimum atomic E-state index is 0.286. The molecule has 112 valence electrons. The lowest BCUT2D eigenvalue weighted by molar-refractivity contribution is 0.0499. The zero-order valence-corrected chi connectivity index (χ0v) is 13.0. The van der Waals surface area contributed by atoms with Gasteiger partial charge in [0.25, 0.3) is 0 Å². The first kappa shape index (κ1) is 14.1. The maximum Gasteiger partial charge on any atom is 0.0772 e. The van der Waals surface area contributed by atoms with Gasteiger partial charge in [-0.05, 0) is 37.5 Å². The molecule has 0 aliphatic carbocycles. The van der Waals surface area contributed by atoms with Crippen LogP contribution in [-0.4, -0.2) is 31.3 Å². The van der Waals surface area contributed by atoms with Crippen LogP contribution < -0.4 is 10.6 Å². The minimum Gasteiger partial charge on any atom is -0.398 e. The molecule has 2 atom stereocenters. The van der Waals surface area contributed by atoms with Gasteiger partial charge in [-0.25, -0.2) is 0 Å². The van der Waals surface area contributed by atoms with Crippen molar-refractivity contribution in [1.82, 2.24) is 4.98 Å². The Hall–Kier alpha value is -1.81. The van der Waals surface area contributed by atoms with Gasteiger partial charge in [0.15, 0.2) is 0 Å². The number of fused-ring (bicyclic) bond motifs is 1. The number of rotatable bonds is 2. The summed E-state index contributed by atoms with van der Waals surface area (Å²) in [5.41, 5.74) is 9.14. The van der Waals surface area contributed by atoms with Crippen molar-refractivity contribution in [1.29, 1.82) is 0 Å². The maximum atomic E-state index is 6.10. The minimum absolute atomic E-state index is 0.286. The second kappa shape index (κ2) is 5.53. The fourth-order valence-corrected chi connectivity index (χ4v) is 3.19. The monoisotopic (exact) mass is 285 g/mol. The van der Waals surface area contributed by atoms with Crippen LogP contribution in [-0.2, 0) is 4.74 Å². The molecule has 0 spiro atoms. The summed E-state index contributed by atoms with van der Waals surface area (Å²) in [5.74, 6) is 0.606. The van der Waals surface area contributed by atoms with Crippen LogP contribution in [0, 0.1) is 12.8 Å². The van der Waals surface area contributed by atoms with Crippen molar-refractivity contribution >= 4 is 22.1 Å². The van der Waals surface area contributed by atoms with Crippen molar-refractivity contribution < 1.29 is 4.74 Å². The maximum absolute atomic E-state index is 6.10. The van der Waals surface area contributed by atoms with Gasteiger partial charge in [-0.2, -0.15) is 0 Å². The van der Waals surface area contributed by atoms with Crippen LogP contribution in [0.25, 0.3) is 10.8 Å². The standard InChI is InChI=1S/C17H23N3O/c1-11-6-7-20(10-17(11)21-3)16-5-4-15(18)14-9-19-12(2)8-13(14)16/h4-5,8-9,11,17H,6-7,10,18H2,1-3H3. The topological polar surface area (TPSA) is 51.4 Å². The summed E-state index contributed by atoms with van der Waals surface area (Å²) in [4.78, 5) is 6.79. The number of pyridine rings is 1. The van der Waals surface area contributed by atoms with E-state index >= 15 is 0 Å². The Morgan fingerprint density at radius 2 is 2.14 bits per heavy atom. The van der Waals surface area contributed by atoms with Gasteiger partial charge in [-0.3, -0.25) is 4.98 Å². The van der Waals surface area contributed by atoms with E-state index in [0.717, 1.165) is 36.3 Å². The quantitative estimate of drug-likeness (QED) is 0.862. The molecule has 0 amide bonds. The molecule has 2 heterocycles. The Morgan fingerprint density at radius 1 is 1.33 bits per heavy atom. The van der Waals surface area contributed by atoms with Crippen LogP contribution in [0.3, 0.4) is 0 Å². The number of hydrogen-bond acceptors (Lipinski definition) is 4. The predicted octanol–water partition coefficient (Wildman–Crippen LogP) is 2.99. The molecule has 1 aromatic carbocycles. The molecule has 1 aliphatic heterocycles. The first-order valence-corrected chi connectivity index (χ1v) is 7.52. The van der Waals surface area contributed by atoms with E-state index in [1.807, 2.05) is 19.2 Å². The van der Waals surface area contributed by atoms with Crippen LogP contribution >= 0.6 is 0 Å². The lowest BCUT2D eigenvalue weighted by atomic mass is 9.94. The summed E-state index contributed by atoms with van der Waals surface area (Å²) >= 11 is 0. The Morgan fingerprint density at radius 3 is 2.90 bits per heavy atom. The summed E-state index contributed by atoms with van der Waals surface area (Å²) in [6.07, 6.45) is 3.31. The number of methoxy groups -OCH3 is 1. The van der Waals surface area contributed by atoms with E-state index in [1.54, 1.807) is 7.11 Å². The predicted molar refractivity (Wildman–Crippen MR) is 87.7 cm³/mol. The van der Waals surface area contributed by atoms with E-state index in [4.69, 9.17) is 10.5 Å². The Kier molecular flexibility index (Phi) is 3.72. The fourth-order valence-electron chi connectivity index (χ4n) is 3.19. The number of anilines is 2. The zero-order chi connectivity index (χ0) is 15.0. The van der Waals surface area contributed by atoms with Crippen LogP contribution in [0.1, 0.15) is 19.0 Å². The molecule has 0 saturated carbocycles. The van der Waals surface area contributed by atoms with Gasteiger partial charge in [-0.1, -0.05) is 6.92 Å². The lowest BCUT2D eigenvalue weighted by Crippen LogP contribution is -2.44. The van der Waals surface area contributed by atoms with Crippen LogP contribution in [0.5, 0.6) is 0 Å². The van der Waals surface area contributed by atoms with Crippen LogP contribution in [0.4, 0.5) is 11.4 Å². The first-order chi connectivity index (χ1) is 10.1. The third kappa shape index (κ3) is 2.56. The van der Waals surface area contributed by atoms with Gasteiger partial charge in [-0.15, -0.1) is 0 Å². The molecule has 1 aliphatic rings. The van der Waals surface area contributed by atoms with Gasteiger partial charge in [0.2, 0.25) is 0 Å². The van der Waals surface area contributed by atoms with E-state index in [-0.39, 0.29) is 6.10 Å². The molecule has 1 fully saturated rings. The summed E-state index contributed by atoms with van der Waals surface area (Å²) in [6.45, 7) is 6.27. The van der Waals surface area contributed by atoms with E-state index in [2.05, 4.69) is 28.9 Å². The van der Waals surface area contributed by atoms with Gasteiger partial charge in [0, 0.05) is 54.2 Å². The van der Waals surface area contributed by atoms with E-state index in [1.165, 1.54) is 11.1 Å². The Labute approximate surface area is 125 Å². The molecule has 0 bridgehead atoms. The highest BCUT2D eigenvalue weighted by molar-refractivity contribution is 6.01. The molecule has 4 nitrogen and oxygen atoms in total. The van der Waals surface area contributed by atoms with E-state index in [0.29, 0.717) is 5.92 Å². The lowest BCUT2D eigenvalue weighted by Gasteiger charge is -2.38. The second-order valence-corrected chi connectivity index (χ2v) is 6.03. The van der Waals surface area contributed by atoms with Crippen LogP contribution in [0.15, 0.2) is 24.4 Å². The van der Waals surface area contributed by atoms with Crippen molar-refractivity contribution in [2.24, 2.45) is 5.92 Å². The zero-order valence-electron chi connectivity index (χ0n) is 13.0. The molecule has 1 saturated heterocycles. The molecule has 0 radical (unpaired) electrons. The number of nitrogens with two attached hydrogens (primary N) is 1. The highest BCUT2D eigenvalue weighted by Crippen LogP contribution is 2.33. The van der Waals surface area contributed by atoms with Gasteiger partial charge >= 0.3 is 0 Å². The third-order valence-corrected chi connectivity index (χ3v) is 4.58. The van der Waals surface area contributed by atoms with Gasteiger partial charge in [0.1, 0.15) is 0 Å². The summed E-state index contributed by atoms with van der Waals surface area (Å²) in [7, 11) is 1.81. The van der Waals surface area contributed by atoms with Crippen LogP contribution in [0.2, 0.25) is 0 Å². The summed E-state index contributed by atoms with van der Waals surface area (Å²) < 4.78 is 5.64. The summed E-state index contributed by atoms with van der Waals surface area (Å²) in [5, 5.41) is 2.22. The first-order valence-electron chi connectivity index (χ1n) is 7.52. The fraction of sp³-hybridized carbons (Fsp3) is 0.471. The third-order valence-electron chi connectivity index (χ3n) is 4.58. The van der Waals surface area contributed by atoms with Gasteiger partial charge < -0.3 is 15.4 Å². The summed E-state index contributed by atoms with van der Waals surface area (Å²) in [6, 6.07) is 6.23. The molecule has 21 heavy (non-hydrogen) atoms. The molecule has 3 rings (SSSR count). The molecule has 2 N–H and O–H groups in total. The number of piperidine rings is 1. The molecule has 2 unspecified atom stereocenters. The van der Waals surface area contributed by atoms with Crippen molar-refractivity contribution in [3.63, 3.8) is 0 Å². The number of aromatic nitrogens is 1. The molecule has 2 aromatic rings. The van der Waals surface area contributed by atoms with Crippen molar-refractivity contribution in [2.45, 2.75) is 26.4 Å². The van der Waals surface area contributed by atoms with E-state index < -0.39 is 0 Å². The Balaban J connectivity index is 2.04. The number of nitrogens with zero attached hydrogens (tertiary/aromatic N) is 2. The van der Waals surface area contributed by atoms with Gasteiger partial charge in [0.05, 0.1) is 6.10 Å². The molecular weight excluding hydrogens is 262 g/mol. The number of hydrogen-bond donors (Lipinski definition) is 1. The number of ether oxygens (including phenoxy) is 1. The number of nitrogen functional groups attached to an aromatic ring is 1. The average Bonchev–Trinajstić information content (AvgIpc) is 2.48. The normalized spacial score (nSPS) is 22.7. The largest absolute Gasteiger partial charge is 0.398 e. The molecule has 1 aromatic heterocycles. The van der Waals surface area contributed by atoms with E-state index in [9.17, 15) is 0 Å². The van der Waals surface area contributed by atoms with Crippen molar-refractivity contribution in [2.75, 3.05) is 30.8 Å². The SMILES string of the molecule is COC1CN(c2ccc(N)c3cnc(C)cc23)CCC1C. The average molecular weight is 285 g/mol. The van der Waals surface area contributed by atoms with Crippen molar-refractivity contribution in [3.8, 4) is 0 Å². The smallest absolute Gasteiger partial charge is 0.0772 e. The highest BCUT2D eigenvalue weighted by atomic mass is 16.5. The number of aryl methyl sites for hydroxylation is 1.